The number of carbonyl (C=O) groups excluding carboxylic acids is 2. The second-order valence-electron chi connectivity index (χ2n) is 10.2. The fraction of sp³-hybridized carbons (Fsp3) is 0.333. The van der Waals surface area contributed by atoms with Crippen LogP contribution in [-0.4, -0.2) is 66.7 Å². The number of fused-ring (bicyclic) bond motifs is 2. The summed E-state index contributed by atoms with van der Waals surface area (Å²) in [6.45, 7) is 2.23. The molecular weight excluding hydrogens is 507 g/mol. The molecule has 202 valence electrons. The molecule has 3 aliphatic rings. The maximum atomic E-state index is 14.3. The number of carbonyl (C=O) groups is 2. The van der Waals surface area contributed by atoms with Crippen LogP contribution >= 0.6 is 0 Å². The molecule has 3 aliphatic heterocycles. The van der Waals surface area contributed by atoms with E-state index in [-0.39, 0.29) is 11.8 Å². The van der Waals surface area contributed by atoms with E-state index in [4.69, 9.17) is 4.74 Å². The van der Waals surface area contributed by atoms with Crippen molar-refractivity contribution in [3.8, 4) is 0 Å². The molecule has 2 fully saturated rings. The third-order valence-electron chi connectivity index (χ3n) is 8.00. The molecule has 2 saturated heterocycles. The molecule has 6 nitrogen and oxygen atoms in total. The van der Waals surface area contributed by atoms with Gasteiger partial charge in [0.25, 0.3) is 5.91 Å². The molecule has 2 atom stereocenters. The van der Waals surface area contributed by atoms with E-state index in [1.54, 1.807) is 28.0 Å². The Balaban J connectivity index is 1.30. The zero-order valence-corrected chi connectivity index (χ0v) is 21.2. The summed E-state index contributed by atoms with van der Waals surface area (Å²) in [5.41, 5.74) is 0.764. The Morgan fingerprint density at radius 3 is 2.36 bits per heavy atom. The quantitative estimate of drug-likeness (QED) is 0.492. The lowest BCUT2D eigenvalue weighted by molar-refractivity contribution is -0.150. The monoisotopic (exact) mass is 535 g/mol. The number of halogens is 3. The van der Waals surface area contributed by atoms with Crippen molar-refractivity contribution >= 4 is 17.5 Å². The summed E-state index contributed by atoms with van der Waals surface area (Å²) in [6, 6.07) is 22.2. The number of alkyl halides is 3. The second kappa shape index (κ2) is 9.72. The summed E-state index contributed by atoms with van der Waals surface area (Å²) in [6.07, 6.45) is -4.05. The van der Waals surface area contributed by atoms with Crippen LogP contribution in [0.3, 0.4) is 0 Å². The Kier molecular flexibility index (Phi) is 6.33. The van der Waals surface area contributed by atoms with Crippen molar-refractivity contribution in [3.05, 3.63) is 101 Å². The van der Waals surface area contributed by atoms with E-state index < -0.39 is 23.4 Å². The molecule has 0 saturated carbocycles. The van der Waals surface area contributed by atoms with Gasteiger partial charge in [0.2, 0.25) is 5.91 Å². The summed E-state index contributed by atoms with van der Waals surface area (Å²) in [5.74, 6) is -1.01. The van der Waals surface area contributed by atoms with E-state index in [1.165, 1.54) is 6.07 Å². The van der Waals surface area contributed by atoms with Crippen LogP contribution in [0.5, 0.6) is 0 Å². The summed E-state index contributed by atoms with van der Waals surface area (Å²) >= 11 is 0. The first kappa shape index (κ1) is 25.4. The fourth-order valence-electron chi connectivity index (χ4n) is 6.13. The third-order valence-corrected chi connectivity index (χ3v) is 8.00. The van der Waals surface area contributed by atoms with Crippen molar-refractivity contribution in [2.75, 3.05) is 44.2 Å². The van der Waals surface area contributed by atoms with Gasteiger partial charge < -0.3 is 19.4 Å². The highest BCUT2D eigenvalue weighted by Gasteiger charge is 2.59. The molecule has 0 N–H and O–H groups in total. The van der Waals surface area contributed by atoms with E-state index in [9.17, 15) is 22.8 Å². The summed E-state index contributed by atoms with van der Waals surface area (Å²) in [4.78, 5) is 33.2. The van der Waals surface area contributed by atoms with Gasteiger partial charge in [-0.05, 0) is 35.4 Å². The maximum absolute atomic E-state index is 14.3. The molecule has 2 amide bonds. The number of piperazine rings is 1. The molecule has 3 aromatic carbocycles. The molecule has 3 aromatic rings. The third kappa shape index (κ3) is 4.44. The molecule has 3 heterocycles. The van der Waals surface area contributed by atoms with E-state index in [0.29, 0.717) is 62.6 Å². The number of hydrogen-bond acceptors (Lipinski definition) is 4. The lowest BCUT2D eigenvalue weighted by Gasteiger charge is -2.48. The van der Waals surface area contributed by atoms with Gasteiger partial charge >= 0.3 is 6.18 Å². The van der Waals surface area contributed by atoms with E-state index in [2.05, 4.69) is 0 Å². The van der Waals surface area contributed by atoms with Gasteiger partial charge in [-0.1, -0.05) is 54.6 Å². The second-order valence-corrected chi connectivity index (χ2v) is 10.2. The van der Waals surface area contributed by atoms with Crippen LogP contribution in [0.15, 0.2) is 78.9 Å². The molecule has 0 bridgehead atoms. The van der Waals surface area contributed by atoms with Crippen molar-refractivity contribution in [1.82, 2.24) is 9.80 Å². The van der Waals surface area contributed by atoms with Crippen molar-refractivity contribution in [2.24, 2.45) is 0 Å². The lowest BCUT2D eigenvalue weighted by Crippen LogP contribution is -2.62. The number of nitrogens with zero attached hydrogens (tertiary/aromatic N) is 3. The van der Waals surface area contributed by atoms with Crippen LogP contribution in [0.25, 0.3) is 0 Å². The molecule has 39 heavy (non-hydrogen) atoms. The highest BCUT2D eigenvalue weighted by molar-refractivity contribution is 6.02. The summed E-state index contributed by atoms with van der Waals surface area (Å²) in [5, 5.41) is 0. The summed E-state index contributed by atoms with van der Waals surface area (Å²) in [7, 11) is 0. The Labute approximate surface area is 224 Å². The van der Waals surface area contributed by atoms with Crippen LogP contribution < -0.4 is 4.90 Å². The van der Waals surface area contributed by atoms with Crippen molar-refractivity contribution < 1.29 is 27.5 Å². The van der Waals surface area contributed by atoms with Crippen LogP contribution in [-0.2, 0) is 22.1 Å². The Bertz CT molecular complexity index is 1390. The molecule has 0 spiro atoms. The van der Waals surface area contributed by atoms with Gasteiger partial charge in [-0.3, -0.25) is 9.59 Å². The molecule has 6 rings (SSSR count). The van der Waals surface area contributed by atoms with Gasteiger partial charge in [0.05, 0.1) is 12.2 Å². The van der Waals surface area contributed by atoms with E-state index >= 15 is 0 Å². The smallest absolute Gasteiger partial charge is 0.368 e. The Hall–Kier alpha value is -3.85. The minimum absolute atomic E-state index is 0.138. The Morgan fingerprint density at radius 2 is 1.62 bits per heavy atom. The van der Waals surface area contributed by atoms with Gasteiger partial charge in [-0.25, -0.2) is 0 Å². The first-order valence-corrected chi connectivity index (χ1v) is 13.1. The first-order chi connectivity index (χ1) is 18.8. The predicted molar refractivity (Wildman–Crippen MR) is 139 cm³/mol. The normalized spacial score (nSPS) is 23.0. The van der Waals surface area contributed by atoms with E-state index in [0.717, 1.165) is 17.7 Å². The van der Waals surface area contributed by atoms with Gasteiger partial charge in [-0.15, -0.1) is 0 Å². The molecule has 0 aliphatic carbocycles. The number of anilines is 1. The van der Waals surface area contributed by atoms with Crippen LogP contribution in [0, 0.1) is 0 Å². The standard InChI is InChI=1S/C30H28F3N3O3/c31-30(32,33)22-9-6-10-23(19-22)34-13-15-35(16-14-34)28(38)26-24-11-4-5-12-25(24)27(37)36-17-18-39-29(26,36)20-21-7-2-1-3-8-21/h1-12,19,26H,13-18,20H2/t26-,29+/m1/s1. The van der Waals surface area contributed by atoms with Gasteiger partial charge in [0.1, 0.15) is 5.92 Å². The van der Waals surface area contributed by atoms with E-state index in [1.807, 2.05) is 47.4 Å². The number of rotatable bonds is 4. The average molecular weight is 536 g/mol. The zero-order chi connectivity index (χ0) is 27.2. The number of ether oxygens (including phenoxy) is 1. The predicted octanol–water partition coefficient (Wildman–Crippen LogP) is 4.56. The van der Waals surface area contributed by atoms with Gasteiger partial charge in [0, 0.05) is 50.4 Å². The van der Waals surface area contributed by atoms with Crippen molar-refractivity contribution in [3.63, 3.8) is 0 Å². The Morgan fingerprint density at radius 1 is 0.897 bits per heavy atom. The molecule has 0 aromatic heterocycles. The molecule has 0 unspecified atom stereocenters. The van der Waals surface area contributed by atoms with Crippen LogP contribution in [0.4, 0.5) is 18.9 Å². The number of amides is 2. The molecule has 0 radical (unpaired) electrons. The zero-order valence-electron chi connectivity index (χ0n) is 21.2. The largest absolute Gasteiger partial charge is 0.416 e. The molecular formula is C30H28F3N3O3. The average Bonchev–Trinajstić information content (AvgIpc) is 3.37. The lowest BCUT2D eigenvalue weighted by atomic mass is 9.76. The van der Waals surface area contributed by atoms with Gasteiger partial charge in [0.15, 0.2) is 5.72 Å². The highest BCUT2D eigenvalue weighted by Crippen LogP contribution is 2.47. The molecule has 9 heteroatoms. The first-order valence-electron chi connectivity index (χ1n) is 13.1. The minimum Gasteiger partial charge on any atom is -0.368 e. The van der Waals surface area contributed by atoms with Crippen molar-refractivity contribution in [1.29, 1.82) is 0 Å². The number of hydrogen-bond donors (Lipinski definition) is 0. The van der Waals surface area contributed by atoms with Crippen molar-refractivity contribution in [2.45, 2.75) is 24.2 Å². The maximum Gasteiger partial charge on any atom is 0.416 e. The van der Waals surface area contributed by atoms with Gasteiger partial charge in [-0.2, -0.15) is 13.2 Å². The van der Waals surface area contributed by atoms with Crippen LogP contribution in [0.1, 0.15) is 33.0 Å². The minimum atomic E-state index is -4.42. The van der Waals surface area contributed by atoms with Crippen LogP contribution in [0.2, 0.25) is 0 Å². The number of benzene rings is 3. The SMILES string of the molecule is O=C([C@H]1c2ccccc2C(=O)N2CCO[C@@]12Cc1ccccc1)N1CCN(c2cccc(C(F)(F)F)c2)CC1. The topological polar surface area (TPSA) is 53.1 Å². The summed E-state index contributed by atoms with van der Waals surface area (Å²) < 4.78 is 46.1. The fourth-order valence-corrected chi connectivity index (χ4v) is 6.13. The highest BCUT2D eigenvalue weighted by atomic mass is 19.4.